The van der Waals surface area contributed by atoms with Gasteiger partial charge in [-0.15, -0.1) is 0 Å². The Morgan fingerprint density at radius 1 is 1.00 bits per heavy atom. The van der Waals surface area contributed by atoms with E-state index < -0.39 is 0 Å². The Hall–Kier alpha value is -2.33. The molecule has 0 bridgehead atoms. The van der Waals surface area contributed by atoms with Crippen molar-refractivity contribution in [3.8, 4) is 0 Å². The first kappa shape index (κ1) is 17.0. The molecule has 0 aliphatic carbocycles. The second-order valence-electron chi connectivity index (χ2n) is 5.19. The van der Waals surface area contributed by atoms with Gasteiger partial charge in [0.2, 0.25) is 11.8 Å². The van der Waals surface area contributed by atoms with E-state index in [1.165, 1.54) is 6.92 Å². The number of para-hydroxylation sites is 1. The van der Waals surface area contributed by atoms with Gasteiger partial charge >= 0.3 is 0 Å². The van der Waals surface area contributed by atoms with Crippen LogP contribution >= 0.6 is 11.6 Å². The summed E-state index contributed by atoms with van der Waals surface area (Å²) < 4.78 is 0. The van der Waals surface area contributed by atoms with Gasteiger partial charge in [0, 0.05) is 43.3 Å². The second-order valence-corrected chi connectivity index (χ2v) is 5.63. The highest BCUT2D eigenvalue weighted by molar-refractivity contribution is 6.30. The van der Waals surface area contributed by atoms with Crippen LogP contribution in [0.15, 0.2) is 54.6 Å². The minimum Gasteiger partial charge on any atom is -0.315 e. The van der Waals surface area contributed by atoms with Crippen molar-refractivity contribution in [2.75, 3.05) is 23.4 Å². The first-order valence-corrected chi connectivity index (χ1v) is 7.72. The molecule has 2 aromatic rings. The van der Waals surface area contributed by atoms with E-state index in [4.69, 9.17) is 11.6 Å². The molecule has 0 saturated carbocycles. The SMILES string of the molecule is CC(=O)N(CCC(=O)N(C)c1ccccc1)c1cccc(Cl)c1. The van der Waals surface area contributed by atoms with Gasteiger partial charge in [0.25, 0.3) is 0 Å². The molecular formula is C18H19ClN2O2. The Bertz CT molecular complexity index is 688. The number of carbonyl (C=O) groups is 2. The van der Waals surface area contributed by atoms with Crippen LogP contribution in [0.5, 0.6) is 0 Å². The van der Waals surface area contributed by atoms with Gasteiger partial charge in [0.15, 0.2) is 0 Å². The number of hydrogen-bond donors (Lipinski definition) is 0. The molecule has 0 unspecified atom stereocenters. The topological polar surface area (TPSA) is 40.6 Å². The molecule has 5 heteroatoms. The monoisotopic (exact) mass is 330 g/mol. The molecule has 0 heterocycles. The summed E-state index contributed by atoms with van der Waals surface area (Å²) in [6.07, 6.45) is 0.234. The van der Waals surface area contributed by atoms with Crippen LogP contribution in [0.4, 0.5) is 11.4 Å². The van der Waals surface area contributed by atoms with Crippen molar-refractivity contribution in [2.24, 2.45) is 0 Å². The first-order valence-electron chi connectivity index (χ1n) is 7.34. The predicted molar refractivity (Wildman–Crippen MR) is 93.9 cm³/mol. The Labute approximate surface area is 141 Å². The summed E-state index contributed by atoms with van der Waals surface area (Å²) in [5.41, 5.74) is 1.52. The molecule has 0 N–H and O–H groups in total. The fraction of sp³-hybridized carbons (Fsp3) is 0.222. The third kappa shape index (κ3) is 4.57. The van der Waals surface area contributed by atoms with E-state index in [1.54, 1.807) is 41.1 Å². The van der Waals surface area contributed by atoms with E-state index in [-0.39, 0.29) is 18.2 Å². The van der Waals surface area contributed by atoms with Crippen LogP contribution in [0.1, 0.15) is 13.3 Å². The molecule has 2 rings (SSSR count). The largest absolute Gasteiger partial charge is 0.315 e. The molecule has 4 nitrogen and oxygen atoms in total. The number of anilines is 2. The number of carbonyl (C=O) groups excluding carboxylic acids is 2. The number of benzene rings is 2. The lowest BCUT2D eigenvalue weighted by molar-refractivity contribution is -0.118. The Morgan fingerprint density at radius 2 is 1.65 bits per heavy atom. The summed E-state index contributed by atoms with van der Waals surface area (Å²) in [6.45, 7) is 1.79. The van der Waals surface area contributed by atoms with E-state index in [2.05, 4.69) is 0 Å². The van der Waals surface area contributed by atoms with Crippen LogP contribution in [0.3, 0.4) is 0 Å². The van der Waals surface area contributed by atoms with Gasteiger partial charge < -0.3 is 9.80 Å². The number of amides is 2. The van der Waals surface area contributed by atoms with Crippen molar-refractivity contribution in [3.05, 3.63) is 59.6 Å². The highest BCUT2D eigenvalue weighted by Gasteiger charge is 2.16. The van der Waals surface area contributed by atoms with Crippen LogP contribution in [0.25, 0.3) is 0 Å². The van der Waals surface area contributed by atoms with Gasteiger partial charge in [-0.25, -0.2) is 0 Å². The lowest BCUT2D eigenvalue weighted by Gasteiger charge is -2.23. The van der Waals surface area contributed by atoms with E-state index in [1.807, 2.05) is 30.3 Å². The van der Waals surface area contributed by atoms with Crippen LogP contribution < -0.4 is 9.80 Å². The molecule has 0 fully saturated rings. The molecule has 0 spiro atoms. The highest BCUT2D eigenvalue weighted by Crippen LogP contribution is 2.20. The zero-order valence-electron chi connectivity index (χ0n) is 13.2. The second kappa shape index (κ2) is 7.79. The van der Waals surface area contributed by atoms with Crippen LogP contribution in [0.2, 0.25) is 5.02 Å². The van der Waals surface area contributed by atoms with E-state index in [9.17, 15) is 9.59 Å². The molecule has 0 aliphatic rings. The van der Waals surface area contributed by atoms with Crippen LogP contribution in [0, 0.1) is 0 Å². The summed E-state index contributed by atoms with van der Waals surface area (Å²) in [5.74, 6) is -0.174. The van der Waals surface area contributed by atoms with Gasteiger partial charge in [-0.3, -0.25) is 9.59 Å². The van der Waals surface area contributed by atoms with Gasteiger partial charge in [0.1, 0.15) is 0 Å². The maximum absolute atomic E-state index is 12.3. The zero-order valence-corrected chi connectivity index (χ0v) is 14.0. The summed E-state index contributed by atoms with van der Waals surface area (Å²) in [4.78, 5) is 27.3. The maximum atomic E-state index is 12.3. The molecule has 120 valence electrons. The number of rotatable bonds is 5. The average Bonchev–Trinajstić information content (AvgIpc) is 2.54. The number of hydrogen-bond acceptors (Lipinski definition) is 2. The minimum atomic E-state index is -0.123. The fourth-order valence-corrected chi connectivity index (χ4v) is 2.47. The van der Waals surface area contributed by atoms with E-state index >= 15 is 0 Å². The van der Waals surface area contributed by atoms with E-state index in [0.717, 1.165) is 5.69 Å². The van der Waals surface area contributed by atoms with Crippen molar-refractivity contribution >= 4 is 34.8 Å². The number of halogens is 1. The smallest absolute Gasteiger partial charge is 0.228 e. The van der Waals surface area contributed by atoms with Crippen LogP contribution in [-0.4, -0.2) is 25.4 Å². The third-order valence-corrected chi connectivity index (χ3v) is 3.80. The predicted octanol–water partition coefficient (Wildman–Crippen LogP) is 3.75. The van der Waals surface area contributed by atoms with Gasteiger partial charge in [-0.1, -0.05) is 35.9 Å². The first-order chi connectivity index (χ1) is 11.0. The molecule has 0 aromatic heterocycles. The van der Waals surface area contributed by atoms with Crippen molar-refractivity contribution in [1.82, 2.24) is 0 Å². The molecule has 0 atom stereocenters. The quantitative estimate of drug-likeness (QED) is 0.837. The third-order valence-electron chi connectivity index (χ3n) is 3.57. The lowest BCUT2D eigenvalue weighted by atomic mass is 10.2. The van der Waals surface area contributed by atoms with E-state index in [0.29, 0.717) is 17.3 Å². The summed E-state index contributed by atoms with van der Waals surface area (Å²) >= 11 is 5.97. The Kier molecular flexibility index (Phi) is 5.77. The summed E-state index contributed by atoms with van der Waals surface area (Å²) in [5, 5.41) is 0.557. The molecule has 0 aliphatic heterocycles. The van der Waals surface area contributed by atoms with Crippen LogP contribution in [-0.2, 0) is 9.59 Å². The fourth-order valence-electron chi connectivity index (χ4n) is 2.28. The van der Waals surface area contributed by atoms with Gasteiger partial charge in [0.05, 0.1) is 0 Å². The zero-order chi connectivity index (χ0) is 16.8. The minimum absolute atomic E-state index is 0.0514. The molecule has 2 amide bonds. The summed E-state index contributed by atoms with van der Waals surface area (Å²) in [6, 6.07) is 16.5. The normalized spacial score (nSPS) is 10.2. The summed E-state index contributed by atoms with van der Waals surface area (Å²) in [7, 11) is 1.73. The van der Waals surface area contributed by atoms with Crippen molar-refractivity contribution in [3.63, 3.8) is 0 Å². The van der Waals surface area contributed by atoms with Gasteiger partial charge in [-0.2, -0.15) is 0 Å². The maximum Gasteiger partial charge on any atom is 0.228 e. The Balaban J connectivity index is 2.04. The van der Waals surface area contributed by atoms with Crippen molar-refractivity contribution in [2.45, 2.75) is 13.3 Å². The molecule has 23 heavy (non-hydrogen) atoms. The van der Waals surface area contributed by atoms with Crippen molar-refractivity contribution < 1.29 is 9.59 Å². The standard InChI is InChI=1S/C18H19ClN2O2/c1-14(22)21(17-10-6-7-15(19)13-17)12-11-18(23)20(2)16-8-4-3-5-9-16/h3-10,13H,11-12H2,1-2H3. The molecule has 0 radical (unpaired) electrons. The number of nitrogens with zero attached hydrogens (tertiary/aromatic N) is 2. The molecular weight excluding hydrogens is 312 g/mol. The highest BCUT2D eigenvalue weighted by atomic mass is 35.5. The van der Waals surface area contributed by atoms with Gasteiger partial charge in [-0.05, 0) is 30.3 Å². The van der Waals surface area contributed by atoms with Crippen molar-refractivity contribution in [1.29, 1.82) is 0 Å². The average molecular weight is 331 g/mol. The Morgan fingerprint density at radius 3 is 2.26 bits per heavy atom. The lowest BCUT2D eigenvalue weighted by Crippen LogP contribution is -2.34. The molecule has 2 aromatic carbocycles. The molecule has 0 saturated heterocycles.